The van der Waals surface area contributed by atoms with Crippen molar-refractivity contribution in [1.29, 1.82) is 0 Å². The molecule has 0 aromatic carbocycles. The highest BCUT2D eigenvalue weighted by atomic mass is 16.6. The third kappa shape index (κ3) is 4.12. The molecular formula is C10H16N4O2. The van der Waals surface area contributed by atoms with Crippen molar-refractivity contribution in [3.8, 4) is 0 Å². The summed E-state index contributed by atoms with van der Waals surface area (Å²) in [5.74, 6) is 1.02. The molecule has 6 heteroatoms. The molecule has 1 rings (SSSR count). The molecule has 0 atom stereocenters. The largest absolute Gasteiger partial charge is 0.444 e. The summed E-state index contributed by atoms with van der Waals surface area (Å²) < 4.78 is 5.08. The quantitative estimate of drug-likeness (QED) is 0.802. The maximum absolute atomic E-state index is 11.4. The molecule has 1 aromatic heterocycles. The van der Waals surface area contributed by atoms with Crippen molar-refractivity contribution in [1.82, 2.24) is 9.97 Å². The van der Waals surface area contributed by atoms with Crippen LogP contribution in [0, 0.1) is 0 Å². The second-order valence-corrected chi connectivity index (χ2v) is 4.17. The van der Waals surface area contributed by atoms with Gasteiger partial charge >= 0.3 is 6.09 Å². The number of hydrogen-bond donors (Lipinski definition) is 2. The van der Waals surface area contributed by atoms with Gasteiger partial charge in [0.05, 0.1) is 0 Å². The fourth-order valence-electron chi connectivity index (χ4n) is 0.971. The molecule has 1 aromatic rings. The molecule has 0 saturated heterocycles. The van der Waals surface area contributed by atoms with Gasteiger partial charge in [-0.1, -0.05) is 0 Å². The molecule has 6 nitrogen and oxygen atoms in total. The summed E-state index contributed by atoms with van der Waals surface area (Å²) in [6.45, 7) is 5.39. The van der Waals surface area contributed by atoms with E-state index in [0.29, 0.717) is 11.6 Å². The van der Waals surface area contributed by atoms with Gasteiger partial charge in [0.2, 0.25) is 0 Å². The summed E-state index contributed by atoms with van der Waals surface area (Å²) in [5, 5.41) is 5.37. The average molecular weight is 224 g/mol. The number of aromatic nitrogens is 2. The molecule has 0 aliphatic heterocycles. The number of ether oxygens (including phenoxy) is 1. The van der Waals surface area contributed by atoms with Crippen molar-refractivity contribution >= 4 is 17.7 Å². The van der Waals surface area contributed by atoms with Gasteiger partial charge in [0.15, 0.2) is 0 Å². The summed E-state index contributed by atoms with van der Waals surface area (Å²) in [6.07, 6.45) is 0.826. The number of anilines is 2. The Bertz CT molecular complexity index is 373. The molecule has 16 heavy (non-hydrogen) atoms. The van der Waals surface area contributed by atoms with Crippen LogP contribution >= 0.6 is 0 Å². The zero-order chi connectivity index (χ0) is 12.2. The van der Waals surface area contributed by atoms with E-state index in [4.69, 9.17) is 4.74 Å². The van der Waals surface area contributed by atoms with Crippen LogP contribution in [0.5, 0.6) is 0 Å². The van der Waals surface area contributed by atoms with Gasteiger partial charge in [-0.05, 0) is 20.8 Å². The molecule has 2 N–H and O–H groups in total. The van der Waals surface area contributed by atoms with Crippen molar-refractivity contribution in [3.05, 3.63) is 12.4 Å². The maximum atomic E-state index is 11.4. The number of rotatable bonds is 2. The zero-order valence-electron chi connectivity index (χ0n) is 9.87. The molecule has 0 saturated carbocycles. The molecule has 0 fully saturated rings. The number of nitrogens with one attached hydrogen (secondary N) is 2. The SMILES string of the molecule is CNc1cc(NC(=O)OC(C)(C)C)ncn1. The van der Waals surface area contributed by atoms with Gasteiger partial charge in [-0.15, -0.1) is 0 Å². The van der Waals surface area contributed by atoms with Crippen LogP contribution in [-0.2, 0) is 4.74 Å². The molecule has 1 amide bonds. The summed E-state index contributed by atoms with van der Waals surface area (Å²) >= 11 is 0. The summed E-state index contributed by atoms with van der Waals surface area (Å²) in [4.78, 5) is 19.2. The summed E-state index contributed by atoms with van der Waals surface area (Å²) in [5.41, 5.74) is -0.525. The Balaban J connectivity index is 2.62. The Morgan fingerprint density at radius 1 is 1.31 bits per heavy atom. The van der Waals surface area contributed by atoms with Crippen molar-refractivity contribution < 1.29 is 9.53 Å². The van der Waals surface area contributed by atoms with Gasteiger partial charge in [-0.2, -0.15) is 0 Å². The van der Waals surface area contributed by atoms with Crippen LogP contribution in [-0.4, -0.2) is 28.7 Å². The van der Waals surface area contributed by atoms with Gasteiger partial charge in [0, 0.05) is 13.1 Å². The van der Waals surface area contributed by atoms with Crippen LogP contribution in [0.25, 0.3) is 0 Å². The first-order valence-electron chi connectivity index (χ1n) is 4.90. The minimum absolute atomic E-state index is 0.397. The number of carbonyl (C=O) groups excluding carboxylic acids is 1. The van der Waals surface area contributed by atoms with Gasteiger partial charge in [-0.25, -0.2) is 14.8 Å². The lowest BCUT2D eigenvalue weighted by atomic mass is 10.2. The van der Waals surface area contributed by atoms with Crippen LogP contribution in [0.4, 0.5) is 16.4 Å². The normalized spacial score (nSPS) is 10.8. The Hall–Kier alpha value is -1.85. The minimum Gasteiger partial charge on any atom is -0.444 e. The van der Waals surface area contributed by atoms with E-state index in [1.807, 2.05) is 0 Å². The zero-order valence-corrected chi connectivity index (χ0v) is 9.87. The Morgan fingerprint density at radius 3 is 2.50 bits per heavy atom. The van der Waals surface area contributed by atoms with Crippen molar-refractivity contribution in [3.63, 3.8) is 0 Å². The van der Waals surface area contributed by atoms with Crippen molar-refractivity contribution in [2.75, 3.05) is 17.7 Å². The van der Waals surface area contributed by atoms with Crippen LogP contribution in [0.3, 0.4) is 0 Å². The number of nitrogens with zero attached hydrogens (tertiary/aromatic N) is 2. The summed E-state index contributed by atoms with van der Waals surface area (Å²) in [7, 11) is 1.74. The lowest BCUT2D eigenvalue weighted by Crippen LogP contribution is -2.27. The molecule has 0 unspecified atom stereocenters. The highest BCUT2D eigenvalue weighted by Gasteiger charge is 2.16. The first-order valence-corrected chi connectivity index (χ1v) is 4.90. The number of hydrogen-bond acceptors (Lipinski definition) is 5. The van der Waals surface area contributed by atoms with Gasteiger partial charge < -0.3 is 10.1 Å². The van der Waals surface area contributed by atoms with Crippen LogP contribution in [0.15, 0.2) is 12.4 Å². The van der Waals surface area contributed by atoms with Crippen LogP contribution in [0.1, 0.15) is 20.8 Å². The fraction of sp³-hybridized carbons (Fsp3) is 0.500. The first kappa shape index (κ1) is 12.2. The first-order chi connectivity index (χ1) is 7.40. The van der Waals surface area contributed by atoms with Gasteiger partial charge in [0.25, 0.3) is 0 Å². The smallest absolute Gasteiger partial charge is 0.413 e. The van der Waals surface area contributed by atoms with Crippen molar-refractivity contribution in [2.45, 2.75) is 26.4 Å². The molecule has 0 radical (unpaired) electrons. The van der Waals surface area contributed by atoms with Gasteiger partial charge in [0.1, 0.15) is 23.6 Å². The average Bonchev–Trinajstić information content (AvgIpc) is 2.15. The highest BCUT2D eigenvalue weighted by Crippen LogP contribution is 2.11. The second kappa shape index (κ2) is 4.78. The number of amides is 1. The van der Waals surface area contributed by atoms with Crippen molar-refractivity contribution in [2.24, 2.45) is 0 Å². The van der Waals surface area contributed by atoms with Crippen LogP contribution < -0.4 is 10.6 Å². The molecule has 0 bridgehead atoms. The third-order valence-electron chi connectivity index (χ3n) is 1.55. The molecular weight excluding hydrogens is 208 g/mol. The molecule has 0 aliphatic rings. The van der Waals surface area contributed by atoms with E-state index in [0.717, 1.165) is 0 Å². The lowest BCUT2D eigenvalue weighted by Gasteiger charge is -2.19. The van der Waals surface area contributed by atoms with E-state index in [1.165, 1.54) is 6.33 Å². The molecule has 1 heterocycles. The predicted octanol–water partition coefficient (Wildman–Crippen LogP) is 1.87. The van der Waals surface area contributed by atoms with E-state index < -0.39 is 11.7 Å². The lowest BCUT2D eigenvalue weighted by molar-refractivity contribution is 0.0635. The third-order valence-corrected chi connectivity index (χ3v) is 1.55. The maximum Gasteiger partial charge on any atom is 0.413 e. The molecule has 0 aliphatic carbocycles. The molecule has 0 spiro atoms. The Morgan fingerprint density at radius 2 is 1.94 bits per heavy atom. The van der Waals surface area contributed by atoms with Gasteiger partial charge in [-0.3, -0.25) is 5.32 Å². The second-order valence-electron chi connectivity index (χ2n) is 4.17. The minimum atomic E-state index is -0.534. The highest BCUT2D eigenvalue weighted by molar-refractivity contribution is 5.83. The fourth-order valence-corrected chi connectivity index (χ4v) is 0.971. The standard InChI is InChI=1S/C10H16N4O2/c1-10(2,3)16-9(15)14-8-5-7(11-4)12-6-13-8/h5-6H,1-4H3,(H2,11,12,13,14,15). The van der Waals surface area contributed by atoms with E-state index >= 15 is 0 Å². The van der Waals surface area contributed by atoms with Crippen LogP contribution in [0.2, 0.25) is 0 Å². The number of carbonyl (C=O) groups is 1. The topological polar surface area (TPSA) is 76.1 Å². The predicted molar refractivity (Wildman–Crippen MR) is 61.4 cm³/mol. The van der Waals surface area contributed by atoms with E-state index in [1.54, 1.807) is 33.9 Å². The van der Waals surface area contributed by atoms with E-state index in [9.17, 15) is 4.79 Å². The Kier molecular flexibility index (Phi) is 3.65. The van der Waals surface area contributed by atoms with E-state index in [-0.39, 0.29) is 0 Å². The summed E-state index contributed by atoms with van der Waals surface area (Å²) in [6, 6.07) is 1.62. The molecule has 88 valence electrons. The van der Waals surface area contributed by atoms with E-state index in [2.05, 4.69) is 20.6 Å². The Labute approximate surface area is 94.4 Å². The monoisotopic (exact) mass is 224 g/mol.